The van der Waals surface area contributed by atoms with E-state index in [2.05, 4.69) is 50.0 Å². The standard InChI is InChI=1S/C26H38N2O/c1-21(2)19-28(20-22(3)4)18-12-11-17-25(23-13-7-5-8-14-23)27-26(29)24-15-9-6-10-16-24/h5-10,13-16,21-22,25H,11-12,17-20H2,1-4H3,(H,27,29). The molecule has 3 heteroatoms. The molecule has 2 rings (SSSR count). The Morgan fingerprint density at radius 1 is 0.828 bits per heavy atom. The third-order valence-corrected chi connectivity index (χ3v) is 5.01. The van der Waals surface area contributed by atoms with Crippen molar-refractivity contribution in [1.82, 2.24) is 10.2 Å². The highest BCUT2D eigenvalue weighted by molar-refractivity contribution is 5.94. The van der Waals surface area contributed by atoms with Gasteiger partial charge in [-0.05, 0) is 55.3 Å². The SMILES string of the molecule is CC(C)CN(CCCCC(NC(=O)c1ccccc1)c1ccccc1)CC(C)C. The first-order chi connectivity index (χ1) is 14.0. The molecular formula is C26H38N2O. The van der Waals surface area contributed by atoms with Crippen molar-refractivity contribution in [2.24, 2.45) is 11.8 Å². The number of carbonyl (C=O) groups is 1. The van der Waals surface area contributed by atoms with Crippen LogP contribution in [0, 0.1) is 11.8 Å². The van der Waals surface area contributed by atoms with Crippen molar-refractivity contribution in [3.63, 3.8) is 0 Å². The van der Waals surface area contributed by atoms with Crippen LogP contribution in [0.4, 0.5) is 0 Å². The fourth-order valence-electron chi connectivity index (χ4n) is 3.81. The Bertz CT molecular complexity index is 687. The molecule has 0 saturated heterocycles. The van der Waals surface area contributed by atoms with Crippen molar-refractivity contribution in [2.75, 3.05) is 19.6 Å². The zero-order valence-corrected chi connectivity index (χ0v) is 18.6. The monoisotopic (exact) mass is 394 g/mol. The molecule has 2 aromatic rings. The van der Waals surface area contributed by atoms with Crippen LogP contribution in [-0.2, 0) is 0 Å². The van der Waals surface area contributed by atoms with Gasteiger partial charge in [-0.25, -0.2) is 0 Å². The molecule has 0 radical (unpaired) electrons. The molecule has 0 fully saturated rings. The summed E-state index contributed by atoms with van der Waals surface area (Å²) in [5, 5.41) is 3.25. The van der Waals surface area contributed by atoms with E-state index < -0.39 is 0 Å². The van der Waals surface area contributed by atoms with Gasteiger partial charge in [-0.1, -0.05) is 76.2 Å². The van der Waals surface area contributed by atoms with Crippen LogP contribution in [0.3, 0.4) is 0 Å². The number of amides is 1. The van der Waals surface area contributed by atoms with Crippen LogP contribution in [-0.4, -0.2) is 30.4 Å². The second-order valence-electron chi connectivity index (χ2n) is 8.85. The van der Waals surface area contributed by atoms with Crippen LogP contribution < -0.4 is 5.32 Å². The predicted molar refractivity (Wildman–Crippen MR) is 123 cm³/mol. The fourth-order valence-corrected chi connectivity index (χ4v) is 3.81. The summed E-state index contributed by atoms with van der Waals surface area (Å²) in [6, 6.07) is 19.9. The number of nitrogens with zero attached hydrogens (tertiary/aromatic N) is 1. The predicted octanol–water partition coefficient (Wildman–Crippen LogP) is 5.94. The highest BCUT2D eigenvalue weighted by Crippen LogP contribution is 2.20. The number of benzene rings is 2. The van der Waals surface area contributed by atoms with Crippen molar-refractivity contribution in [1.29, 1.82) is 0 Å². The van der Waals surface area contributed by atoms with Crippen LogP contribution in [0.1, 0.15) is 68.9 Å². The molecule has 158 valence electrons. The van der Waals surface area contributed by atoms with Gasteiger partial charge < -0.3 is 10.2 Å². The number of hydrogen-bond donors (Lipinski definition) is 1. The van der Waals surface area contributed by atoms with Crippen LogP contribution in [0.15, 0.2) is 60.7 Å². The minimum Gasteiger partial charge on any atom is -0.345 e. The van der Waals surface area contributed by atoms with Gasteiger partial charge in [0.15, 0.2) is 0 Å². The first-order valence-corrected chi connectivity index (χ1v) is 11.1. The molecule has 1 unspecified atom stereocenters. The molecule has 1 atom stereocenters. The number of hydrogen-bond acceptors (Lipinski definition) is 2. The molecule has 2 aromatic carbocycles. The van der Waals surface area contributed by atoms with E-state index in [1.165, 1.54) is 5.56 Å². The molecule has 0 aromatic heterocycles. The van der Waals surface area contributed by atoms with E-state index in [1.54, 1.807) is 0 Å². The zero-order chi connectivity index (χ0) is 21.1. The molecular weight excluding hydrogens is 356 g/mol. The Morgan fingerprint density at radius 3 is 1.93 bits per heavy atom. The molecule has 0 aliphatic heterocycles. The minimum absolute atomic E-state index is 0.000644. The molecule has 29 heavy (non-hydrogen) atoms. The van der Waals surface area contributed by atoms with Crippen LogP contribution in [0.5, 0.6) is 0 Å². The molecule has 3 nitrogen and oxygen atoms in total. The van der Waals surface area contributed by atoms with Gasteiger partial charge in [0.2, 0.25) is 0 Å². The smallest absolute Gasteiger partial charge is 0.251 e. The Hall–Kier alpha value is -2.13. The van der Waals surface area contributed by atoms with Crippen LogP contribution >= 0.6 is 0 Å². The summed E-state index contributed by atoms with van der Waals surface area (Å²) in [5.41, 5.74) is 1.89. The van der Waals surface area contributed by atoms with Gasteiger partial charge in [0.05, 0.1) is 6.04 Å². The van der Waals surface area contributed by atoms with Crippen molar-refractivity contribution < 1.29 is 4.79 Å². The van der Waals surface area contributed by atoms with E-state index in [4.69, 9.17) is 0 Å². The number of nitrogens with one attached hydrogen (secondary N) is 1. The van der Waals surface area contributed by atoms with Gasteiger partial charge in [0.1, 0.15) is 0 Å². The van der Waals surface area contributed by atoms with Gasteiger partial charge in [0, 0.05) is 18.7 Å². The topological polar surface area (TPSA) is 32.3 Å². The van der Waals surface area contributed by atoms with Gasteiger partial charge >= 0.3 is 0 Å². The lowest BCUT2D eigenvalue weighted by Crippen LogP contribution is -2.32. The maximum Gasteiger partial charge on any atom is 0.251 e. The Balaban J connectivity index is 1.93. The normalized spacial score (nSPS) is 12.5. The minimum atomic E-state index is 0.000644. The maximum absolute atomic E-state index is 12.7. The number of carbonyl (C=O) groups excluding carboxylic acids is 1. The summed E-state index contributed by atoms with van der Waals surface area (Å²) in [5.74, 6) is 1.38. The Morgan fingerprint density at radius 2 is 1.38 bits per heavy atom. The average molecular weight is 395 g/mol. The summed E-state index contributed by atoms with van der Waals surface area (Å²) in [6.45, 7) is 12.6. The van der Waals surface area contributed by atoms with Gasteiger partial charge in [-0.3, -0.25) is 4.79 Å². The van der Waals surface area contributed by atoms with Gasteiger partial charge in [-0.15, -0.1) is 0 Å². The van der Waals surface area contributed by atoms with E-state index in [0.717, 1.165) is 38.9 Å². The second kappa shape index (κ2) is 12.4. The maximum atomic E-state index is 12.7. The third kappa shape index (κ3) is 8.82. The lowest BCUT2D eigenvalue weighted by molar-refractivity contribution is 0.0933. The first-order valence-electron chi connectivity index (χ1n) is 11.1. The van der Waals surface area contributed by atoms with E-state index in [1.807, 2.05) is 48.5 Å². The third-order valence-electron chi connectivity index (χ3n) is 5.01. The summed E-state index contributed by atoms with van der Waals surface area (Å²) >= 11 is 0. The zero-order valence-electron chi connectivity index (χ0n) is 18.6. The van der Waals surface area contributed by atoms with Crippen molar-refractivity contribution in [3.8, 4) is 0 Å². The largest absolute Gasteiger partial charge is 0.345 e. The molecule has 0 aliphatic carbocycles. The Labute approximate surface area is 177 Å². The van der Waals surface area contributed by atoms with E-state index in [0.29, 0.717) is 17.4 Å². The van der Waals surface area contributed by atoms with Crippen molar-refractivity contribution in [3.05, 3.63) is 71.8 Å². The van der Waals surface area contributed by atoms with E-state index in [-0.39, 0.29) is 11.9 Å². The van der Waals surface area contributed by atoms with Crippen molar-refractivity contribution >= 4 is 5.91 Å². The summed E-state index contributed by atoms with van der Waals surface area (Å²) in [7, 11) is 0. The highest BCUT2D eigenvalue weighted by atomic mass is 16.1. The van der Waals surface area contributed by atoms with E-state index in [9.17, 15) is 4.79 Å². The van der Waals surface area contributed by atoms with Gasteiger partial charge in [0.25, 0.3) is 5.91 Å². The molecule has 0 spiro atoms. The molecule has 0 saturated carbocycles. The second-order valence-corrected chi connectivity index (χ2v) is 8.85. The Kier molecular flexibility index (Phi) is 9.93. The molecule has 0 bridgehead atoms. The lowest BCUT2D eigenvalue weighted by atomic mass is 10.00. The number of unbranched alkanes of at least 4 members (excludes halogenated alkanes) is 1. The highest BCUT2D eigenvalue weighted by Gasteiger charge is 2.16. The van der Waals surface area contributed by atoms with Crippen LogP contribution in [0.25, 0.3) is 0 Å². The summed E-state index contributed by atoms with van der Waals surface area (Å²) < 4.78 is 0. The quantitative estimate of drug-likeness (QED) is 0.452. The van der Waals surface area contributed by atoms with Gasteiger partial charge in [-0.2, -0.15) is 0 Å². The molecule has 1 N–H and O–H groups in total. The summed E-state index contributed by atoms with van der Waals surface area (Å²) in [4.78, 5) is 15.3. The first kappa shape index (κ1) is 23.2. The van der Waals surface area contributed by atoms with Crippen molar-refractivity contribution in [2.45, 2.75) is 53.0 Å². The average Bonchev–Trinajstić information content (AvgIpc) is 2.70. The fraction of sp³-hybridized carbons (Fsp3) is 0.500. The molecule has 1 amide bonds. The number of rotatable bonds is 12. The van der Waals surface area contributed by atoms with Crippen LogP contribution in [0.2, 0.25) is 0 Å². The summed E-state index contributed by atoms with van der Waals surface area (Å²) in [6.07, 6.45) is 3.21. The lowest BCUT2D eigenvalue weighted by Gasteiger charge is -2.26. The molecule has 0 heterocycles. The van der Waals surface area contributed by atoms with E-state index >= 15 is 0 Å². The molecule has 0 aliphatic rings.